The topological polar surface area (TPSA) is 78.9 Å². The average Bonchev–Trinajstić information content (AvgIpc) is 2.41. The first kappa shape index (κ1) is 12.0. The Bertz CT molecular complexity index is 497. The Morgan fingerprint density at radius 3 is 2.39 bits per heavy atom. The number of anilines is 1. The van der Waals surface area contributed by atoms with Crippen molar-refractivity contribution in [3.63, 3.8) is 0 Å². The van der Waals surface area contributed by atoms with Crippen LogP contribution in [0.5, 0.6) is 0 Å². The van der Waals surface area contributed by atoms with Crippen LogP contribution >= 0.6 is 0 Å². The number of hydrogen-bond acceptors (Lipinski definition) is 3. The summed E-state index contributed by atoms with van der Waals surface area (Å²) in [7, 11) is 0. The number of nitrogens with zero attached hydrogens (tertiary/aromatic N) is 3. The lowest BCUT2D eigenvalue weighted by Gasteiger charge is -2.19. The molecule has 0 saturated heterocycles. The minimum Gasteiger partial charge on any atom is -0.370 e. The van der Waals surface area contributed by atoms with E-state index in [0.717, 1.165) is 6.42 Å². The molecule has 0 radical (unpaired) electrons. The third-order valence-corrected chi connectivity index (χ3v) is 2.55. The summed E-state index contributed by atoms with van der Waals surface area (Å²) in [5, 5.41) is 7.58. The van der Waals surface area contributed by atoms with E-state index >= 15 is 0 Å². The van der Waals surface area contributed by atoms with Crippen LogP contribution in [-0.4, -0.2) is 22.5 Å². The standard InChI is InChI=1S/C13H15N5/c14-12(15)18(13-16-8-4-9-17-13)10-7-11-5-2-1-3-6-11/h1-6,8-9H,7,10H2,(H3,14,15). The van der Waals surface area contributed by atoms with E-state index in [2.05, 4.69) is 9.97 Å². The largest absolute Gasteiger partial charge is 0.370 e. The van der Waals surface area contributed by atoms with Crippen LogP contribution in [0.25, 0.3) is 0 Å². The molecule has 0 fully saturated rings. The van der Waals surface area contributed by atoms with Gasteiger partial charge in [-0.2, -0.15) is 0 Å². The molecule has 0 aliphatic heterocycles. The molecule has 2 rings (SSSR count). The van der Waals surface area contributed by atoms with Crippen LogP contribution in [0.15, 0.2) is 48.8 Å². The van der Waals surface area contributed by atoms with Crippen molar-refractivity contribution in [2.45, 2.75) is 6.42 Å². The number of nitrogens with one attached hydrogen (secondary N) is 1. The Morgan fingerprint density at radius 2 is 1.78 bits per heavy atom. The van der Waals surface area contributed by atoms with E-state index in [0.29, 0.717) is 12.5 Å². The molecule has 0 atom stereocenters. The van der Waals surface area contributed by atoms with Gasteiger partial charge in [0.15, 0.2) is 5.96 Å². The average molecular weight is 241 g/mol. The molecule has 0 bridgehead atoms. The first-order chi connectivity index (χ1) is 8.77. The monoisotopic (exact) mass is 241 g/mol. The summed E-state index contributed by atoms with van der Waals surface area (Å²) < 4.78 is 0. The molecule has 5 nitrogen and oxygen atoms in total. The number of hydrogen-bond donors (Lipinski definition) is 2. The summed E-state index contributed by atoms with van der Waals surface area (Å²) in [5.41, 5.74) is 6.76. The maximum absolute atomic E-state index is 7.58. The van der Waals surface area contributed by atoms with Gasteiger partial charge in [0.05, 0.1) is 0 Å². The Balaban J connectivity index is 2.06. The van der Waals surface area contributed by atoms with Crippen LogP contribution in [0.1, 0.15) is 5.56 Å². The summed E-state index contributed by atoms with van der Waals surface area (Å²) in [6.07, 6.45) is 4.07. The number of guanidine groups is 1. The number of aromatic nitrogens is 2. The van der Waals surface area contributed by atoms with Crippen LogP contribution in [0.2, 0.25) is 0 Å². The van der Waals surface area contributed by atoms with E-state index in [9.17, 15) is 0 Å². The van der Waals surface area contributed by atoms with E-state index in [4.69, 9.17) is 11.1 Å². The van der Waals surface area contributed by atoms with Crippen molar-refractivity contribution in [2.75, 3.05) is 11.4 Å². The lowest BCUT2D eigenvalue weighted by Crippen LogP contribution is -2.39. The van der Waals surface area contributed by atoms with Gasteiger partial charge >= 0.3 is 0 Å². The Kier molecular flexibility index (Phi) is 3.86. The fourth-order valence-corrected chi connectivity index (χ4v) is 1.64. The Labute approximate surface area is 106 Å². The summed E-state index contributed by atoms with van der Waals surface area (Å²) >= 11 is 0. The highest BCUT2D eigenvalue weighted by molar-refractivity contribution is 5.90. The second kappa shape index (κ2) is 5.77. The lowest BCUT2D eigenvalue weighted by molar-refractivity contribution is 0.883. The van der Waals surface area contributed by atoms with Crippen LogP contribution in [0.4, 0.5) is 5.95 Å². The van der Waals surface area contributed by atoms with Gasteiger partial charge < -0.3 is 5.73 Å². The predicted octanol–water partition coefficient (Wildman–Crippen LogP) is 1.42. The maximum atomic E-state index is 7.58. The molecule has 0 amide bonds. The third kappa shape index (κ3) is 3.04. The summed E-state index contributed by atoms with van der Waals surface area (Å²) in [4.78, 5) is 9.80. The van der Waals surface area contributed by atoms with Crippen molar-refractivity contribution in [2.24, 2.45) is 5.73 Å². The van der Waals surface area contributed by atoms with Crippen molar-refractivity contribution >= 4 is 11.9 Å². The minimum absolute atomic E-state index is 0.0443. The number of rotatable bonds is 4. The second-order valence-electron chi connectivity index (χ2n) is 3.82. The Morgan fingerprint density at radius 1 is 1.11 bits per heavy atom. The van der Waals surface area contributed by atoms with E-state index in [-0.39, 0.29) is 5.96 Å². The molecule has 2 aromatic rings. The van der Waals surface area contributed by atoms with Crippen molar-refractivity contribution in [3.8, 4) is 0 Å². The van der Waals surface area contributed by atoms with E-state index < -0.39 is 0 Å². The predicted molar refractivity (Wildman–Crippen MR) is 71.4 cm³/mol. The molecule has 92 valence electrons. The molecule has 1 aromatic heterocycles. The molecule has 0 unspecified atom stereocenters. The minimum atomic E-state index is -0.0443. The van der Waals surface area contributed by atoms with Gasteiger partial charge in [0.1, 0.15) is 0 Å². The molecule has 0 aliphatic rings. The normalized spacial score (nSPS) is 10.0. The van der Waals surface area contributed by atoms with Crippen molar-refractivity contribution < 1.29 is 0 Å². The Hall–Kier alpha value is -2.43. The summed E-state index contributed by atoms with van der Waals surface area (Å²) in [5.74, 6) is 0.415. The van der Waals surface area contributed by atoms with Gasteiger partial charge in [-0.25, -0.2) is 9.97 Å². The SMILES string of the molecule is N=C(N)N(CCc1ccccc1)c1ncccn1. The smallest absolute Gasteiger partial charge is 0.232 e. The number of nitrogens with two attached hydrogens (primary N) is 1. The molecule has 1 heterocycles. The van der Waals surface area contributed by atoms with Gasteiger partial charge in [-0.15, -0.1) is 0 Å². The fourth-order valence-electron chi connectivity index (χ4n) is 1.64. The second-order valence-corrected chi connectivity index (χ2v) is 3.82. The zero-order valence-corrected chi connectivity index (χ0v) is 9.95. The molecule has 0 aliphatic carbocycles. The van der Waals surface area contributed by atoms with Crippen LogP contribution < -0.4 is 10.6 Å². The van der Waals surface area contributed by atoms with Gasteiger partial charge in [-0.05, 0) is 18.1 Å². The molecule has 5 heteroatoms. The zero-order valence-electron chi connectivity index (χ0n) is 9.95. The van der Waals surface area contributed by atoms with Crippen molar-refractivity contribution in [1.82, 2.24) is 9.97 Å². The van der Waals surface area contributed by atoms with Gasteiger partial charge in [-0.1, -0.05) is 30.3 Å². The molecule has 0 saturated carbocycles. The first-order valence-electron chi connectivity index (χ1n) is 5.70. The molecular weight excluding hydrogens is 226 g/mol. The molecule has 18 heavy (non-hydrogen) atoms. The number of benzene rings is 1. The van der Waals surface area contributed by atoms with E-state index in [1.165, 1.54) is 5.56 Å². The van der Waals surface area contributed by atoms with Gasteiger partial charge in [0.2, 0.25) is 5.95 Å². The van der Waals surface area contributed by atoms with Crippen LogP contribution in [0.3, 0.4) is 0 Å². The molecule has 0 spiro atoms. The molecule has 1 aromatic carbocycles. The summed E-state index contributed by atoms with van der Waals surface area (Å²) in [6, 6.07) is 11.8. The maximum Gasteiger partial charge on any atom is 0.232 e. The summed E-state index contributed by atoms with van der Waals surface area (Å²) in [6.45, 7) is 0.587. The van der Waals surface area contributed by atoms with Crippen molar-refractivity contribution in [3.05, 3.63) is 54.4 Å². The van der Waals surface area contributed by atoms with E-state index in [1.807, 2.05) is 30.3 Å². The van der Waals surface area contributed by atoms with E-state index in [1.54, 1.807) is 23.4 Å². The zero-order chi connectivity index (χ0) is 12.8. The highest BCUT2D eigenvalue weighted by Gasteiger charge is 2.11. The third-order valence-electron chi connectivity index (χ3n) is 2.55. The molecule has 3 N–H and O–H groups in total. The van der Waals surface area contributed by atoms with Crippen LogP contribution in [-0.2, 0) is 6.42 Å². The van der Waals surface area contributed by atoms with Crippen LogP contribution in [0, 0.1) is 5.41 Å². The highest BCUT2D eigenvalue weighted by atomic mass is 15.3. The quantitative estimate of drug-likeness (QED) is 0.626. The fraction of sp³-hybridized carbons (Fsp3) is 0.154. The first-order valence-corrected chi connectivity index (χ1v) is 5.70. The van der Waals surface area contributed by atoms with Gasteiger partial charge in [0, 0.05) is 18.9 Å². The lowest BCUT2D eigenvalue weighted by atomic mass is 10.1. The highest BCUT2D eigenvalue weighted by Crippen LogP contribution is 2.07. The molecular formula is C13H15N5. The van der Waals surface area contributed by atoms with Crippen molar-refractivity contribution in [1.29, 1.82) is 5.41 Å². The van der Waals surface area contributed by atoms with Gasteiger partial charge in [-0.3, -0.25) is 10.3 Å². The van der Waals surface area contributed by atoms with Gasteiger partial charge in [0.25, 0.3) is 0 Å².